The zero-order valence-corrected chi connectivity index (χ0v) is 19.5. The first-order chi connectivity index (χ1) is 12.9. The molecule has 0 fully saturated rings. The summed E-state index contributed by atoms with van der Waals surface area (Å²) >= 11 is 6.01. The molecule has 0 bridgehead atoms. The van der Waals surface area contributed by atoms with Crippen LogP contribution in [0.1, 0.15) is 31.4 Å². The van der Waals surface area contributed by atoms with Gasteiger partial charge in [-0.2, -0.15) is 0 Å². The van der Waals surface area contributed by atoms with Crippen LogP contribution in [0.5, 0.6) is 11.5 Å². The quantitative estimate of drug-likeness (QED) is 0.342. The van der Waals surface area contributed by atoms with Gasteiger partial charge in [-0.1, -0.05) is 56.7 Å². The van der Waals surface area contributed by atoms with Crippen LogP contribution in [-0.4, -0.2) is 23.8 Å². The molecule has 2 aromatic carbocycles. The summed E-state index contributed by atoms with van der Waals surface area (Å²) in [6, 6.07) is 12.7. The number of nitrogens with zero attached hydrogens (tertiary/aromatic N) is 1. The maximum atomic E-state index is 6.86. The van der Waals surface area contributed by atoms with E-state index in [1.54, 1.807) is 7.11 Å². The number of ether oxygens (including phenoxy) is 2. The molecule has 0 saturated carbocycles. The maximum absolute atomic E-state index is 6.86. The molecule has 0 saturated heterocycles. The Hall–Kier alpha value is -1.21. The molecule has 2 aromatic rings. The van der Waals surface area contributed by atoms with E-state index in [0.717, 1.165) is 38.9 Å². The molecular weight excluding hydrogens is 517 g/mol. The Morgan fingerprint density at radius 1 is 1.22 bits per heavy atom. The van der Waals surface area contributed by atoms with Gasteiger partial charge in [0.15, 0.2) is 11.5 Å². The molecule has 142 valence electrons. The first-order valence-corrected chi connectivity index (χ1v) is 11.5. The van der Waals surface area contributed by atoms with Gasteiger partial charge in [-0.25, -0.2) is 0 Å². The number of para-hydroxylation sites is 1. The van der Waals surface area contributed by atoms with Gasteiger partial charge in [-0.15, -0.1) is 0 Å². The SMILES string of the molecule is COc1cc(Br)cc2c1OC1(C=C2)N(CCCI)c2ccccc2C1(C)C. The Labute approximate surface area is 183 Å². The van der Waals surface area contributed by atoms with E-state index in [2.05, 4.69) is 99.8 Å². The second-order valence-electron chi connectivity index (χ2n) is 7.49. The Morgan fingerprint density at radius 3 is 2.74 bits per heavy atom. The third-order valence-electron chi connectivity index (χ3n) is 5.69. The van der Waals surface area contributed by atoms with Crippen molar-refractivity contribution in [2.45, 2.75) is 31.4 Å². The highest BCUT2D eigenvalue weighted by Gasteiger charge is 2.58. The van der Waals surface area contributed by atoms with Crippen molar-refractivity contribution in [3.05, 3.63) is 58.1 Å². The van der Waals surface area contributed by atoms with Gasteiger partial charge in [0.05, 0.1) is 12.5 Å². The zero-order chi connectivity index (χ0) is 19.2. The fourth-order valence-electron chi connectivity index (χ4n) is 4.30. The standard InChI is InChI=1S/C22H23BrINO2/c1-21(2)17-7-4-5-8-18(17)25(12-6-11-24)22(21)10-9-15-13-16(23)14-19(26-3)20(15)27-22/h4-5,7-10,13-14H,6,11-12H2,1-3H3. The minimum atomic E-state index is -0.573. The van der Waals surface area contributed by atoms with E-state index < -0.39 is 5.72 Å². The van der Waals surface area contributed by atoms with Gasteiger partial charge in [0.1, 0.15) is 0 Å². The third-order valence-corrected chi connectivity index (χ3v) is 6.92. The highest BCUT2D eigenvalue weighted by molar-refractivity contribution is 14.1. The lowest BCUT2D eigenvalue weighted by molar-refractivity contribution is 0.0507. The Balaban J connectivity index is 1.89. The number of hydrogen-bond acceptors (Lipinski definition) is 3. The minimum Gasteiger partial charge on any atom is -0.493 e. The average molecular weight is 540 g/mol. The molecule has 2 aliphatic rings. The van der Waals surface area contributed by atoms with Crippen molar-refractivity contribution in [3.63, 3.8) is 0 Å². The van der Waals surface area contributed by atoms with Crippen molar-refractivity contribution >= 4 is 50.3 Å². The molecule has 3 nitrogen and oxygen atoms in total. The second kappa shape index (κ2) is 6.99. The first-order valence-electron chi connectivity index (χ1n) is 9.13. The topological polar surface area (TPSA) is 21.7 Å². The maximum Gasteiger partial charge on any atom is 0.212 e. The molecule has 0 aromatic heterocycles. The average Bonchev–Trinajstić information content (AvgIpc) is 2.84. The monoisotopic (exact) mass is 539 g/mol. The van der Waals surface area contributed by atoms with Gasteiger partial charge in [0.25, 0.3) is 0 Å². The summed E-state index contributed by atoms with van der Waals surface area (Å²) in [5, 5.41) is 0. The van der Waals surface area contributed by atoms with Gasteiger partial charge < -0.3 is 14.4 Å². The van der Waals surface area contributed by atoms with Crippen LogP contribution in [0.15, 0.2) is 46.9 Å². The van der Waals surface area contributed by atoms with Crippen LogP contribution in [-0.2, 0) is 5.41 Å². The number of fused-ring (bicyclic) bond motifs is 2. The smallest absolute Gasteiger partial charge is 0.212 e. The van der Waals surface area contributed by atoms with Crippen molar-refractivity contribution in [2.75, 3.05) is 23.0 Å². The molecule has 2 heterocycles. The number of benzene rings is 2. The van der Waals surface area contributed by atoms with Crippen LogP contribution in [0.25, 0.3) is 6.08 Å². The molecule has 1 atom stereocenters. The lowest BCUT2D eigenvalue weighted by atomic mass is 9.76. The van der Waals surface area contributed by atoms with Crippen molar-refractivity contribution in [2.24, 2.45) is 0 Å². The van der Waals surface area contributed by atoms with Crippen molar-refractivity contribution in [3.8, 4) is 11.5 Å². The molecule has 4 rings (SSSR count). The van der Waals surface area contributed by atoms with Crippen LogP contribution in [0.4, 0.5) is 5.69 Å². The van der Waals surface area contributed by atoms with E-state index in [4.69, 9.17) is 9.47 Å². The van der Waals surface area contributed by atoms with E-state index in [0.29, 0.717) is 0 Å². The first kappa shape index (κ1) is 19.1. The van der Waals surface area contributed by atoms with Crippen LogP contribution < -0.4 is 14.4 Å². The van der Waals surface area contributed by atoms with Gasteiger partial charge in [-0.3, -0.25) is 0 Å². The Morgan fingerprint density at radius 2 is 2.00 bits per heavy atom. The molecule has 0 radical (unpaired) electrons. The summed E-state index contributed by atoms with van der Waals surface area (Å²) in [6.07, 6.45) is 5.51. The van der Waals surface area contributed by atoms with E-state index >= 15 is 0 Å². The van der Waals surface area contributed by atoms with Gasteiger partial charge in [0.2, 0.25) is 5.72 Å². The number of hydrogen-bond donors (Lipinski definition) is 0. The van der Waals surface area contributed by atoms with Crippen molar-refractivity contribution < 1.29 is 9.47 Å². The predicted molar refractivity (Wildman–Crippen MR) is 123 cm³/mol. The van der Waals surface area contributed by atoms with Crippen LogP contribution in [0, 0.1) is 0 Å². The fraction of sp³-hybridized carbons (Fsp3) is 0.364. The number of halogens is 2. The molecule has 2 aliphatic heterocycles. The summed E-state index contributed by atoms with van der Waals surface area (Å²) in [6.45, 7) is 5.50. The summed E-state index contributed by atoms with van der Waals surface area (Å²) in [5.41, 5.74) is 2.84. The normalized spacial score (nSPS) is 21.7. The molecule has 1 unspecified atom stereocenters. The molecule has 5 heteroatoms. The van der Waals surface area contributed by atoms with E-state index in [9.17, 15) is 0 Å². The van der Waals surface area contributed by atoms with Gasteiger partial charge in [0, 0.05) is 26.7 Å². The lowest BCUT2D eigenvalue weighted by Crippen LogP contribution is -2.59. The Kier molecular flexibility index (Phi) is 4.95. The highest BCUT2D eigenvalue weighted by atomic mass is 127. The molecule has 27 heavy (non-hydrogen) atoms. The van der Waals surface area contributed by atoms with E-state index in [-0.39, 0.29) is 5.41 Å². The molecule has 0 amide bonds. The van der Waals surface area contributed by atoms with Crippen LogP contribution in [0.3, 0.4) is 0 Å². The van der Waals surface area contributed by atoms with E-state index in [1.165, 1.54) is 11.3 Å². The minimum absolute atomic E-state index is 0.207. The fourth-order valence-corrected chi connectivity index (χ4v) is 5.09. The Bertz CT molecular complexity index is 911. The largest absolute Gasteiger partial charge is 0.493 e. The number of methoxy groups -OCH3 is 1. The summed E-state index contributed by atoms with van der Waals surface area (Å²) in [7, 11) is 1.69. The second-order valence-corrected chi connectivity index (χ2v) is 9.49. The van der Waals surface area contributed by atoms with E-state index in [1.807, 2.05) is 6.07 Å². The van der Waals surface area contributed by atoms with Crippen LogP contribution >= 0.6 is 38.5 Å². The number of alkyl halides is 1. The summed E-state index contributed by atoms with van der Waals surface area (Å²) in [4.78, 5) is 2.43. The van der Waals surface area contributed by atoms with Crippen LogP contribution in [0.2, 0.25) is 0 Å². The molecule has 0 N–H and O–H groups in total. The summed E-state index contributed by atoms with van der Waals surface area (Å²) in [5.74, 6) is 1.56. The van der Waals surface area contributed by atoms with Crippen molar-refractivity contribution in [1.82, 2.24) is 0 Å². The molecule has 1 spiro atoms. The number of rotatable bonds is 4. The lowest BCUT2D eigenvalue weighted by Gasteiger charge is -2.47. The third kappa shape index (κ3) is 2.80. The van der Waals surface area contributed by atoms with Gasteiger partial charge in [-0.05, 0) is 56.2 Å². The predicted octanol–water partition coefficient (Wildman–Crippen LogP) is 6.18. The number of anilines is 1. The molecular formula is C22H23BrINO2. The molecule has 0 aliphatic carbocycles. The van der Waals surface area contributed by atoms with Gasteiger partial charge >= 0.3 is 0 Å². The van der Waals surface area contributed by atoms with Crippen molar-refractivity contribution in [1.29, 1.82) is 0 Å². The summed E-state index contributed by atoms with van der Waals surface area (Å²) < 4.78 is 14.6. The highest BCUT2D eigenvalue weighted by Crippen LogP contribution is 2.56. The zero-order valence-electron chi connectivity index (χ0n) is 15.8.